The van der Waals surface area contributed by atoms with Crippen LogP contribution in [0.15, 0.2) is 60.7 Å². The third-order valence-corrected chi connectivity index (χ3v) is 5.76. The minimum atomic E-state index is 0.579. The normalized spacial score (nSPS) is 11.9. The van der Waals surface area contributed by atoms with Crippen molar-refractivity contribution in [3.8, 4) is 11.5 Å². The zero-order valence-electron chi connectivity index (χ0n) is 20.2. The van der Waals surface area contributed by atoms with E-state index in [9.17, 15) is 0 Å². The Morgan fingerprint density at radius 3 is 1.44 bits per heavy atom. The molecule has 0 N–H and O–H groups in total. The molecule has 3 rings (SSSR count). The van der Waals surface area contributed by atoms with Crippen molar-refractivity contribution in [2.24, 2.45) is 0 Å². The Balaban J connectivity index is 2.00. The highest BCUT2D eigenvalue weighted by Gasteiger charge is 2.16. The fraction of sp³-hybridized carbons (Fsp3) is 0.400. The van der Waals surface area contributed by atoms with Crippen LogP contribution in [0, 0.1) is 13.8 Å². The first-order valence-corrected chi connectivity index (χ1v) is 12.2. The zero-order valence-corrected chi connectivity index (χ0v) is 20.2. The number of ether oxygens (including phenoxy) is 2. The molecule has 3 aromatic carbocycles. The van der Waals surface area contributed by atoms with Gasteiger partial charge in [0, 0.05) is 21.5 Å². The van der Waals surface area contributed by atoms with Crippen molar-refractivity contribution < 1.29 is 9.47 Å². The van der Waals surface area contributed by atoms with Crippen molar-refractivity contribution in [3.63, 3.8) is 0 Å². The molecule has 32 heavy (non-hydrogen) atoms. The number of unbranched alkanes of at least 4 members (excludes halogenated alkanes) is 4. The molecule has 0 saturated carbocycles. The second-order valence-electron chi connectivity index (χ2n) is 8.61. The van der Waals surface area contributed by atoms with Gasteiger partial charge in [-0.25, -0.2) is 0 Å². The van der Waals surface area contributed by atoms with E-state index < -0.39 is 0 Å². The Morgan fingerprint density at radius 2 is 1.03 bits per heavy atom. The number of allylic oxidation sites excluding steroid dienone is 2. The maximum absolute atomic E-state index is 6.38. The van der Waals surface area contributed by atoms with E-state index in [0.717, 1.165) is 45.9 Å². The summed E-state index contributed by atoms with van der Waals surface area (Å²) in [6.07, 6.45) is 15.8. The molecule has 0 unspecified atom stereocenters. The zero-order chi connectivity index (χ0) is 22.8. The minimum absolute atomic E-state index is 0.579. The van der Waals surface area contributed by atoms with Crippen molar-refractivity contribution in [2.45, 2.75) is 66.2 Å². The fourth-order valence-corrected chi connectivity index (χ4v) is 3.97. The minimum Gasteiger partial charge on any atom is -0.488 e. The van der Waals surface area contributed by atoms with Gasteiger partial charge in [0.15, 0.2) is 0 Å². The van der Waals surface area contributed by atoms with E-state index in [1.54, 1.807) is 0 Å². The largest absolute Gasteiger partial charge is 0.488 e. The van der Waals surface area contributed by atoms with E-state index in [1.165, 1.54) is 36.8 Å². The van der Waals surface area contributed by atoms with Crippen LogP contribution in [0.5, 0.6) is 11.5 Å². The second-order valence-corrected chi connectivity index (χ2v) is 8.61. The Morgan fingerprint density at radius 1 is 0.594 bits per heavy atom. The van der Waals surface area contributed by atoms with Gasteiger partial charge in [-0.15, -0.1) is 0 Å². The van der Waals surface area contributed by atoms with Crippen molar-refractivity contribution in [3.05, 3.63) is 71.8 Å². The Labute approximate surface area is 193 Å². The molecule has 3 aromatic rings. The van der Waals surface area contributed by atoms with Gasteiger partial charge in [-0.2, -0.15) is 0 Å². The van der Waals surface area contributed by atoms with E-state index in [2.05, 4.69) is 88.4 Å². The number of rotatable bonds is 12. The first-order chi connectivity index (χ1) is 15.7. The summed E-state index contributed by atoms with van der Waals surface area (Å²) in [5, 5.41) is 4.46. The molecule has 170 valence electrons. The average molecular weight is 431 g/mol. The Bertz CT molecular complexity index is 988. The highest BCUT2D eigenvalue weighted by molar-refractivity contribution is 6.11. The van der Waals surface area contributed by atoms with Crippen molar-refractivity contribution in [1.82, 2.24) is 0 Å². The standard InChI is InChI=1S/C30H38O2/c1-5-7-9-11-13-19-31-29-25-17-15-24(4)22-28(25)30(32-20-14-12-10-8-6-2)26-18-16-23(3)21-27(26)29/h11-18,21-22H,5-10,19-20H2,1-4H3/b13-11+,14-12+. The monoisotopic (exact) mass is 430 g/mol. The summed E-state index contributed by atoms with van der Waals surface area (Å²) in [5.74, 6) is 1.90. The summed E-state index contributed by atoms with van der Waals surface area (Å²) < 4.78 is 12.8. The molecular formula is C30H38O2. The van der Waals surface area contributed by atoms with Gasteiger partial charge in [-0.3, -0.25) is 0 Å². The van der Waals surface area contributed by atoms with Gasteiger partial charge in [-0.05, 0) is 38.8 Å². The lowest BCUT2D eigenvalue weighted by Crippen LogP contribution is -2.00. The average Bonchev–Trinajstić information content (AvgIpc) is 2.79. The molecule has 0 amide bonds. The molecule has 0 aliphatic heterocycles. The van der Waals surface area contributed by atoms with Crippen LogP contribution in [0.1, 0.15) is 63.5 Å². The molecule has 0 aliphatic rings. The van der Waals surface area contributed by atoms with Crippen molar-refractivity contribution >= 4 is 21.5 Å². The summed E-state index contributed by atoms with van der Waals surface area (Å²) in [5.41, 5.74) is 2.44. The van der Waals surface area contributed by atoms with Gasteiger partial charge in [0.2, 0.25) is 0 Å². The first-order valence-electron chi connectivity index (χ1n) is 12.2. The molecule has 0 atom stereocenters. The number of aryl methyl sites for hydroxylation is 2. The number of benzene rings is 3. The fourth-order valence-electron chi connectivity index (χ4n) is 3.97. The smallest absolute Gasteiger partial charge is 0.135 e. The van der Waals surface area contributed by atoms with Gasteiger partial charge in [-0.1, -0.05) is 99.2 Å². The summed E-state index contributed by atoms with van der Waals surface area (Å²) in [6.45, 7) is 9.86. The van der Waals surface area contributed by atoms with Crippen LogP contribution >= 0.6 is 0 Å². The quantitative estimate of drug-likeness (QED) is 0.162. The van der Waals surface area contributed by atoms with Crippen LogP contribution in [0.4, 0.5) is 0 Å². The van der Waals surface area contributed by atoms with Crippen LogP contribution in [0.3, 0.4) is 0 Å². The van der Waals surface area contributed by atoms with E-state index in [0.29, 0.717) is 13.2 Å². The maximum Gasteiger partial charge on any atom is 0.135 e. The lowest BCUT2D eigenvalue weighted by molar-refractivity contribution is 0.365. The molecule has 2 heteroatoms. The van der Waals surface area contributed by atoms with Crippen LogP contribution in [0.2, 0.25) is 0 Å². The van der Waals surface area contributed by atoms with E-state index in [4.69, 9.17) is 9.47 Å². The molecule has 0 aliphatic carbocycles. The Kier molecular flexibility index (Phi) is 9.22. The van der Waals surface area contributed by atoms with Crippen LogP contribution in [-0.4, -0.2) is 13.2 Å². The molecule has 2 nitrogen and oxygen atoms in total. The summed E-state index contributed by atoms with van der Waals surface area (Å²) >= 11 is 0. The predicted molar refractivity (Wildman–Crippen MR) is 139 cm³/mol. The second kappa shape index (κ2) is 12.3. The SMILES string of the molecule is CCCC/C=C/COc1c2ccc(C)cc2c(OC/C=C/CCCC)c2ccc(C)cc12. The van der Waals surface area contributed by atoms with Gasteiger partial charge < -0.3 is 9.47 Å². The first kappa shape index (κ1) is 23.9. The third kappa shape index (κ3) is 6.16. The molecule has 0 fully saturated rings. The summed E-state index contributed by atoms with van der Waals surface area (Å²) in [6, 6.07) is 13.1. The van der Waals surface area contributed by atoms with E-state index in [-0.39, 0.29) is 0 Å². The molecule has 0 saturated heterocycles. The van der Waals surface area contributed by atoms with Gasteiger partial charge in [0.05, 0.1) is 0 Å². The summed E-state index contributed by atoms with van der Waals surface area (Å²) in [4.78, 5) is 0. The van der Waals surface area contributed by atoms with Crippen LogP contribution in [0.25, 0.3) is 21.5 Å². The van der Waals surface area contributed by atoms with Gasteiger partial charge in [0.1, 0.15) is 24.7 Å². The molecule has 0 aromatic heterocycles. The molecule has 0 bridgehead atoms. The molecule has 0 spiro atoms. The lowest BCUT2D eigenvalue weighted by Gasteiger charge is -2.18. The third-order valence-electron chi connectivity index (χ3n) is 5.76. The van der Waals surface area contributed by atoms with Gasteiger partial charge in [0.25, 0.3) is 0 Å². The van der Waals surface area contributed by atoms with Crippen molar-refractivity contribution in [2.75, 3.05) is 13.2 Å². The molecular weight excluding hydrogens is 392 g/mol. The lowest BCUT2D eigenvalue weighted by atomic mass is 9.98. The molecule has 0 heterocycles. The van der Waals surface area contributed by atoms with E-state index in [1.807, 2.05) is 0 Å². The van der Waals surface area contributed by atoms with Crippen molar-refractivity contribution in [1.29, 1.82) is 0 Å². The molecule has 0 radical (unpaired) electrons. The van der Waals surface area contributed by atoms with E-state index >= 15 is 0 Å². The number of hydrogen-bond acceptors (Lipinski definition) is 2. The van der Waals surface area contributed by atoms with Gasteiger partial charge >= 0.3 is 0 Å². The van der Waals surface area contributed by atoms with Crippen LogP contribution in [-0.2, 0) is 0 Å². The summed E-state index contributed by atoms with van der Waals surface area (Å²) in [7, 11) is 0. The highest BCUT2D eigenvalue weighted by atomic mass is 16.5. The predicted octanol–water partition coefficient (Wildman–Crippen LogP) is 8.86. The topological polar surface area (TPSA) is 18.5 Å². The maximum atomic E-state index is 6.38. The van der Waals surface area contributed by atoms with Crippen LogP contribution < -0.4 is 9.47 Å². The number of hydrogen-bond donors (Lipinski definition) is 0. The number of fused-ring (bicyclic) bond motifs is 2. The highest BCUT2D eigenvalue weighted by Crippen LogP contribution is 2.43. The Hall–Kier alpha value is -2.74.